The molecule has 2 aromatic carbocycles. The van der Waals surface area contributed by atoms with Crippen LogP contribution in [-0.4, -0.2) is 12.3 Å². The Hall–Kier alpha value is -2.25. The fraction of sp³-hybridized carbons (Fsp3) is 0.235. The average molecular weight is 348 g/mol. The highest BCUT2D eigenvalue weighted by Gasteiger charge is 2.14. The van der Waals surface area contributed by atoms with Crippen LogP contribution in [0.4, 0.5) is 10.1 Å². The fourth-order valence-corrected chi connectivity index (χ4v) is 3.08. The van der Waals surface area contributed by atoms with Gasteiger partial charge in [0.15, 0.2) is 11.6 Å². The first kappa shape index (κ1) is 18.1. The van der Waals surface area contributed by atoms with E-state index in [-0.39, 0.29) is 5.75 Å². The summed E-state index contributed by atoms with van der Waals surface area (Å²) in [5.41, 5.74) is 3.78. The minimum absolute atomic E-state index is 0.215. The molecule has 5 nitrogen and oxygen atoms in total. The molecule has 0 unspecified atom stereocenters. The van der Waals surface area contributed by atoms with E-state index >= 15 is 0 Å². The number of halogens is 1. The highest BCUT2D eigenvalue weighted by atomic mass is 32.2. The van der Waals surface area contributed by atoms with Crippen LogP contribution >= 0.6 is 11.8 Å². The number of aryl methyl sites for hydroxylation is 2. The number of methoxy groups -OCH3 is 1. The molecule has 0 radical (unpaired) electrons. The van der Waals surface area contributed by atoms with Crippen LogP contribution in [0.15, 0.2) is 41.5 Å². The number of hydrazine groups is 1. The molecule has 0 aliphatic rings. The van der Waals surface area contributed by atoms with Crippen LogP contribution < -0.4 is 21.4 Å². The molecule has 0 amide bonds. The highest BCUT2D eigenvalue weighted by Crippen LogP contribution is 2.25. The fourth-order valence-electron chi connectivity index (χ4n) is 2.30. The molecule has 0 spiro atoms. The van der Waals surface area contributed by atoms with Crippen molar-refractivity contribution in [2.24, 2.45) is 16.8 Å². The number of benzene rings is 2. The third-order valence-corrected chi connectivity index (χ3v) is 4.55. The number of nitrogens with zero attached hydrogens (tertiary/aromatic N) is 2. The van der Waals surface area contributed by atoms with Crippen molar-refractivity contribution < 1.29 is 9.13 Å². The topological polar surface area (TPSA) is 76.9 Å². The van der Waals surface area contributed by atoms with E-state index in [9.17, 15) is 4.39 Å². The lowest BCUT2D eigenvalue weighted by Crippen LogP contribution is -2.37. The average Bonchev–Trinajstić information content (AvgIpc) is 2.55. The Labute approximate surface area is 145 Å². The van der Waals surface area contributed by atoms with Crippen molar-refractivity contribution in [1.29, 1.82) is 0 Å². The second-order valence-corrected chi connectivity index (χ2v) is 6.27. The molecule has 24 heavy (non-hydrogen) atoms. The third-order valence-electron chi connectivity index (χ3n) is 3.51. The summed E-state index contributed by atoms with van der Waals surface area (Å²) in [6, 6.07) is 10.7. The predicted octanol–water partition coefficient (Wildman–Crippen LogP) is 3.29. The molecule has 0 atom stereocenters. The number of thioether (sulfide) groups is 1. The normalized spacial score (nSPS) is 11.5. The Morgan fingerprint density at radius 3 is 2.58 bits per heavy atom. The van der Waals surface area contributed by atoms with Crippen molar-refractivity contribution in [2.45, 2.75) is 19.6 Å². The van der Waals surface area contributed by atoms with Crippen molar-refractivity contribution in [1.82, 2.24) is 0 Å². The molecule has 0 aliphatic heterocycles. The van der Waals surface area contributed by atoms with Gasteiger partial charge in [0.05, 0.1) is 12.8 Å². The van der Waals surface area contributed by atoms with E-state index in [1.165, 1.54) is 29.9 Å². The summed E-state index contributed by atoms with van der Waals surface area (Å²) >= 11 is 1.33. The van der Waals surface area contributed by atoms with Gasteiger partial charge in [-0.2, -0.15) is 5.10 Å². The summed E-state index contributed by atoms with van der Waals surface area (Å²) in [4.78, 5) is 0. The van der Waals surface area contributed by atoms with E-state index in [0.717, 1.165) is 22.4 Å². The molecule has 0 saturated heterocycles. The Bertz CT molecular complexity index is 751. The number of amidine groups is 1. The molecule has 2 aromatic rings. The van der Waals surface area contributed by atoms with Gasteiger partial charge in [-0.15, -0.1) is 0 Å². The summed E-state index contributed by atoms with van der Waals surface area (Å²) < 4.78 is 18.7. The minimum Gasteiger partial charge on any atom is -0.494 e. The molecule has 0 aliphatic carbocycles. The first-order valence-corrected chi connectivity index (χ1v) is 8.30. The van der Waals surface area contributed by atoms with Crippen LogP contribution in [0.5, 0.6) is 5.75 Å². The van der Waals surface area contributed by atoms with Gasteiger partial charge in [-0.05, 0) is 43.2 Å². The molecule has 0 aromatic heterocycles. The summed E-state index contributed by atoms with van der Waals surface area (Å²) in [5, 5.41) is 5.65. The molecular weight excluding hydrogens is 327 g/mol. The summed E-state index contributed by atoms with van der Waals surface area (Å²) in [6.45, 7) is 3.99. The van der Waals surface area contributed by atoms with Crippen molar-refractivity contribution in [3.05, 3.63) is 58.9 Å². The molecule has 128 valence electrons. The first-order chi connectivity index (χ1) is 11.5. The standard InChI is InChI=1S/C17H21FN4OS/c1-11-4-6-15(12(2)8-11)22(20)17(21-19)24-10-13-5-7-16(23-3)14(18)9-13/h4-9H,10,19-20H2,1-3H3/b21-17+. The van der Waals surface area contributed by atoms with Crippen LogP contribution in [0, 0.1) is 19.7 Å². The van der Waals surface area contributed by atoms with Crippen LogP contribution in [0.1, 0.15) is 16.7 Å². The number of hydrogen-bond acceptors (Lipinski definition) is 5. The second-order valence-electron chi connectivity index (χ2n) is 5.33. The largest absolute Gasteiger partial charge is 0.494 e. The molecular formula is C17H21FN4OS. The minimum atomic E-state index is -0.402. The molecule has 0 saturated carbocycles. The number of hydrogen-bond donors (Lipinski definition) is 2. The maximum Gasteiger partial charge on any atom is 0.201 e. The Morgan fingerprint density at radius 2 is 2.00 bits per heavy atom. The Kier molecular flexibility index (Phi) is 6.05. The van der Waals surface area contributed by atoms with Gasteiger partial charge in [-0.3, -0.25) is 5.01 Å². The van der Waals surface area contributed by atoms with Crippen molar-refractivity contribution in [2.75, 3.05) is 12.1 Å². The Balaban J connectivity index is 2.10. The zero-order valence-corrected chi connectivity index (χ0v) is 14.7. The monoisotopic (exact) mass is 348 g/mol. The summed E-state index contributed by atoms with van der Waals surface area (Å²) in [5.74, 6) is 11.9. The maximum absolute atomic E-state index is 13.7. The number of nitrogens with two attached hydrogens (primary N) is 2. The Morgan fingerprint density at radius 1 is 1.25 bits per heavy atom. The van der Waals surface area contributed by atoms with Gasteiger partial charge in [0.25, 0.3) is 0 Å². The van der Waals surface area contributed by atoms with Crippen molar-refractivity contribution >= 4 is 22.6 Å². The summed E-state index contributed by atoms with van der Waals surface area (Å²) in [7, 11) is 1.43. The van der Waals surface area contributed by atoms with Gasteiger partial charge >= 0.3 is 0 Å². The van der Waals surface area contributed by atoms with Gasteiger partial charge in [0.1, 0.15) is 0 Å². The molecule has 4 N–H and O–H groups in total. The summed E-state index contributed by atoms with van der Waals surface area (Å²) in [6.07, 6.45) is 0. The van der Waals surface area contributed by atoms with Gasteiger partial charge in [-0.1, -0.05) is 35.5 Å². The lowest BCUT2D eigenvalue weighted by molar-refractivity contribution is 0.386. The van der Waals surface area contributed by atoms with Gasteiger partial charge < -0.3 is 10.6 Å². The third kappa shape index (κ3) is 4.18. The van der Waals surface area contributed by atoms with E-state index in [4.69, 9.17) is 16.4 Å². The van der Waals surface area contributed by atoms with E-state index in [1.54, 1.807) is 12.1 Å². The van der Waals surface area contributed by atoms with Gasteiger partial charge in [-0.25, -0.2) is 10.2 Å². The zero-order chi connectivity index (χ0) is 17.7. The van der Waals surface area contributed by atoms with Crippen molar-refractivity contribution in [3.8, 4) is 5.75 Å². The van der Waals surface area contributed by atoms with E-state index in [1.807, 2.05) is 32.0 Å². The maximum atomic E-state index is 13.7. The zero-order valence-electron chi connectivity index (χ0n) is 13.9. The lowest BCUT2D eigenvalue weighted by Gasteiger charge is -2.21. The molecule has 0 fully saturated rings. The van der Waals surface area contributed by atoms with Crippen LogP contribution in [-0.2, 0) is 5.75 Å². The van der Waals surface area contributed by atoms with E-state index in [0.29, 0.717) is 10.9 Å². The quantitative estimate of drug-likeness (QED) is 0.384. The van der Waals surface area contributed by atoms with Gasteiger partial charge in [0.2, 0.25) is 5.17 Å². The molecule has 0 bridgehead atoms. The van der Waals surface area contributed by atoms with Gasteiger partial charge in [0, 0.05) is 5.75 Å². The number of hydrazone groups is 1. The van der Waals surface area contributed by atoms with Crippen LogP contribution in [0.25, 0.3) is 0 Å². The number of rotatable bonds is 4. The number of ether oxygens (including phenoxy) is 1. The molecule has 2 rings (SSSR count). The SMILES string of the molecule is COc1ccc(CS/C(=N/N)N(N)c2ccc(C)cc2C)cc1F. The first-order valence-electron chi connectivity index (χ1n) is 7.31. The molecule has 7 heteroatoms. The second kappa shape index (κ2) is 8.03. The predicted molar refractivity (Wildman–Crippen MR) is 98.5 cm³/mol. The van der Waals surface area contributed by atoms with Crippen LogP contribution in [0.2, 0.25) is 0 Å². The number of anilines is 1. The molecule has 0 heterocycles. The van der Waals surface area contributed by atoms with E-state index < -0.39 is 5.82 Å². The van der Waals surface area contributed by atoms with E-state index in [2.05, 4.69) is 5.10 Å². The van der Waals surface area contributed by atoms with Crippen molar-refractivity contribution in [3.63, 3.8) is 0 Å². The lowest BCUT2D eigenvalue weighted by atomic mass is 10.1. The smallest absolute Gasteiger partial charge is 0.201 e. The highest BCUT2D eigenvalue weighted by molar-refractivity contribution is 8.13. The van der Waals surface area contributed by atoms with Crippen LogP contribution in [0.3, 0.4) is 0 Å².